The summed E-state index contributed by atoms with van der Waals surface area (Å²) >= 11 is 0. The van der Waals surface area contributed by atoms with Gasteiger partial charge in [0.25, 0.3) is 0 Å². The van der Waals surface area contributed by atoms with E-state index < -0.39 is 97.8 Å². The van der Waals surface area contributed by atoms with Crippen molar-refractivity contribution in [1.29, 1.82) is 0 Å². The molecule has 6 aliphatic rings. The topological polar surface area (TPSA) is 219 Å². The summed E-state index contributed by atoms with van der Waals surface area (Å²) in [6.45, 7) is 11.7. The van der Waals surface area contributed by atoms with Crippen LogP contribution in [0.15, 0.2) is 11.6 Å². The van der Waals surface area contributed by atoms with Crippen molar-refractivity contribution >= 4 is 0 Å². The maximum Gasteiger partial charge on any atom is 0.186 e. The van der Waals surface area contributed by atoms with Crippen molar-refractivity contribution in [2.45, 2.75) is 179 Å². The van der Waals surface area contributed by atoms with Gasteiger partial charge in [0.2, 0.25) is 0 Å². The number of rotatable bonds is 9. The van der Waals surface area contributed by atoms with Gasteiger partial charge in [-0.3, -0.25) is 0 Å². The van der Waals surface area contributed by atoms with Crippen LogP contribution in [0.25, 0.3) is 0 Å². The van der Waals surface area contributed by atoms with Gasteiger partial charge in [-0.15, -0.1) is 0 Å². The van der Waals surface area contributed by atoms with Crippen LogP contribution in [-0.2, 0) is 18.9 Å². The van der Waals surface area contributed by atoms with Gasteiger partial charge in [-0.1, -0.05) is 32.4 Å². The van der Waals surface area contributed by atoms with E-state index in [1.807, 2.05) is 19.9 Å². The van der Waals surface area contributed by atoms with Crippen molar-refractivity contribution in [3.63, 3.8) is 0 Å². The lowest BCUT2D eigenvalue weighted by Gasteiger charge is -2.63. The predicted octanol–water partition coefficient (Wildman–Crippen LogP) is 0.977. The highest BCUT2D eigenvalue weighted by atomic mass is 16.7. The van der Waals surface area contributed by atoms with Gasteiger partial charge in [-0.25, -0.2) is 0 Å². The molecule has 0 aromatic carbocycles. The van der Waals surface area contributed by atoms with Crippen LogP contribution in [0.1, 0.15) is 92.9 Å². The minimum absolute atomic E-state index is 0.141. The van der Waals surface area contributed by atoms with Crippen molar-refractivity contribution in [3.8, 4) is 0 Å². The third-order valence-corrected chi connectivity index (χ3v) is 15.0. The molecule has 0 aromatic rings. The summed E-state index contributed by atoms with van der Waals surface area (Å²) < 4.78 is 25.0. The molecule has 13 heteroatoms. The molecule has 0 amide bonds. The molecule has 2 aliphatic heterocycles. The molecule has 4 saturated carbocycles. The first-order valence-electron chi connectivity index (χ1n) is 19.7. The van der Waals surface area contributed by atoms with Crippen molar-refractivity contribution < 1.29 is 64.9 Å². The smallest absolute Gasteiger partial charge is 0.186 e. The molecule has 6 rings (SSSR count). The zero-order valence-electron chi connectivity index (χ0n) is 31.6. The molecule has 300 valence electrons. The number of hydrogen-bond acceptors (Lipinski definition) is 13. The Hall–Kier alpha value is -0.780. The molecule has 2 heterocycles. The highest BCUT2D eigenvalue weighted by molar-refractivity contribution is 5.15. The van der Waals surface area contributed by atoms with Gasteiger partial charge in [-0.05, 0) is 112 Å². The van der Waals surface area contributed by atoms with Crippen molar-refractivity contribution in [2.24, 2.45) is 46.3 Å². The number of aliphatic hydroxyl groups is 9. The van der Waals surface area contributed by atoms with Gasteiger partial charge in [-0.2, -0.15) is 0 Å². The second-order valence-electron chi connectivity index (χ2n) is 18.1. The molecule has 2 saturated heterocycles. The van der Waals surface area contributed by atoms with Crippen molar-refractivity contribution in [2.75, 3.05) is 6.61 Å². The molecule has 52 heavy (non-hydrogen) atoms. The summed E-state index contributed by atoms with van der Waals surface area (Å²) in [5.74, 6) is 0.397. The van der Waals surface area contributed by atoms with E-state index in [1.54, 1.807) is 6.92 Å². The summed E-state index contributed by atoms with van der Waals surface area (Å²) in [5, 5.41) is 96.3. The zero-order valence-corrected chi connectivity index (χ0v) is 31.6. The molecule has 22 atom stereocenters. The van der Waals surface area contributed by atoms with E-state index in [-0.39, 0.29) is 40.9 Å². The Labute approximate surface area is 307 Å². The average molecular weight is 743 g/mol. The van der Waals surface area contributed by atoms with E-state index >= 15 is 0 Å². The van der Waals surface area contributed by atoms with Crippen LogP contribution in [0.4, 0.5) is 0 Å². The van der Waals surface area contributed by atoms with Crippen molar-refractivity contribution in [1.82, 2.24) is 0 Å². The third-order valence-electron chi connectivity index (χ3n) is 15.0. The van der Waals surface area contributed by atoms with Gasteiger partial charge in [0.15, 0.2) is 12.6 Å². The molecule has 0 radical (unpaired) electrons. The van der Waals surface area contributed by atoms with Crippen LogP contribution in [0.3, 0.4) is 0 Å². The molecule has 6 fully saturated rings. The summed E-state index contributed by atoms with van der Waals surface area (Å²) in [6.07, 6.45) is -7.54. The van der Waals surface area contributed by atoms with Gasteiger partial charge in [0.1, 0.15) is 42.7 Å². The van der Waals surface area contributed by atoms with E-state index in [0.29, 0.717) is 25.7 Å². The number of fused-ring (bicyclic) bond motifs is 5. The summed E-state index contributed by atoms with van der Waals surface area (Å²) in [7, 11) is 0. The molecular formula is C39H66O13. The zero-order chi connectivity index (χ0) is 38.0. The predicted molar refractivity (Wildman–Crippen MR) is 187 cm³/mol. The first-order valence-corrected chi connectivity index (χ1v) is 19.7. The van der Waals surface area contributed by atoms with Crippen LogP contribution in [0.5, 0.6) is 0 Å². The Morgan fingerprint density at radius 1 is 0.808 bits per heavy atom. The SMILES string of the molecule is CC(C)=CC[C@H](O)[C@@H](C)[C@H]1[C@@H](O[C@H]2O[C@@H](CO)[C@H](O)[C@@H](O)[C@@H]2O)C[C@H]2[C@@H]3CC[C@H]4C[C@@H](O)C[C@@H](O[C@@H]5O[C@@H](C)[C@H](O)[C@@H](O)[C@H]5O)[C@]4(C)[C@H]3CC[C@]12C. The molecular weight excluding hydrogens is 676 g/mol. The highest BCUT2D eigenvalue weighted by Gasteiger charge is 2.66. The summed E-state index contributed by atoms with van der Waals surface area (Å²) in [4.78, 5) is 0. The van der Waals surface area contributed by atoms with Gasteiger partial charge >= 0.3 is 0 Å². The van der Waals surface area contributed by atoms with E-state index in [0.717, 1.165) is 31.3 Å². The summed E-state index contributed by atoms with van der Waals surface area (Å²) in [5.41, 5.74) is 0.455. The maximum absolute atomic E-state index is 11.6. The van der Waals surface area contributed by atoms with E-state index in [1.165, 1.54) is 0 Å². The van der Waals surface area contributed by atoms with Crippen LogP contribution in [0, 0.1) is 46.3 Å². The minimum atomic E-state index is -1.56. The first-order chi connectivity index (χ1) is 24.4. The molecule has 0 unspecified atom stereocenters. The second kappa shape index (κ2) is 15.6. The quantitative estimate of drug-likeness (QED) is 0.151. The van der Waals surface area contributed by atoms with Crippen molar-refractivity contribution in [3.05, 3.63) is 11.6 Å². The minimum Gasteiger partial charge on any atom is -0.394 e. The van der Waals surface area contributed by atoms with Crippen LogP contribution < -0.4 is 0 Å². The lowest BCUT2D eigenvalue weighted by molar-refractivity contribution is -0.328. The monoisotopic (exact) mass is 742 g/mol. The fourth-order valence-corrected chi connectivity index (χ4v) is 12.0. The van der Waals surface area contributed by atoms with Gasteiger partial charge < -0.3 is 64.9 Å². The number of allylic oxidation sites excluding steroid dienone is 1. The van der Waals surface area contributed by atoms with Crippen LogP contribution >= 0.6 is 0 Å². The second-order valence-corrected chi connectivity index (χ2v) is 18.1. The number of hydrogen-bond donors (Lipinski definition) is 9. The average Bonchev–Trinajstić information content (AvgIpc) is 3.40. The molecule has 0 aromatic heterocycles. The van der Waals surface area contributed by atoms with E-state index in [4.69, 9.17) is 18.9 Å². The number of ether oxygens (including phenoxy) is 4. The molecule has 9 N–H and O–H groups in total. The standard InChI is InChI=1S/C39H66O13/c1-17(2)7-10-25(42)18(3)29-26(50-37-35(48)33(46)31(44)27(16-40)51-37)15-24-22-9-8-20-13-21(41)14-28(39(20,6)23(22)11-12-38(24,29)5)52-36-34(47)32(45)30(43)19(4)49-36/h7,18-37,40-48H,8-16H2,1-6H3/t18-,19+,20+,21-,22-,23+,24+,25+,26+,27+,28-,29+,30+,31+,32-,33-,34-,35+,36+,37+,38+,39+/m1/s1. The maximum atomic E-state index is 11.6. The lowest BCUT2D eigenvalue weighted by Crippen LogP contribution is -2.63. The van der Waals surface area contributed by atoms with Gasteiger partial charge in [0.05, 0.1) is 37.1 Å². The fourth-order valence-electron chi connectivity index (χ4n) is 12.0. The molecule has 0 bridgehead atoms. The van der Waals surface area contributed by atoms with Gasteiger partial charge in [0, 0.05) is 6.42 Å². The first kappa shape index (κ1) is 40.9. The largest absolute Gasteiger partial charge is 0.394 e. The van der Waals surface area contributed by atoms with E-state index in [2.05, 4.69) is 20.8 Å². The Morgan fingerprint density at radius 3 is 2.12 bits per heavy atom. The van der Waals surface area contributed by atoms with Crippen LogP contribution in [0.2, 0.25) is 0 Å². The lowest BCUT2D eigenvalue weighted by atomic mass is 9.43. The Balaban J connectivity index is 1.30. The molecule has 0 spiro atoms. The Kier molecular flexibility index (Phi) is 12.3. The Bertz CT molecular complexity index is 1250. The normalized spacial score (nSPS) is 53.3. The fraction of sp³-hybridized carbons (Fsp3) is 0.949. The molecule has 4 aliphatic carbocycles. The summed E-state index contributed by atoms with van der Waals surface area (Å²) in [6, 6.07) is 0. The Morgan fingerprint density at radius 2 is 1.46 bits per heavy atom. The highest BCUT2D eigenvalue weighted by Crippen LogP contribution is 2.69. The van der Waals surface area contributed by atoms with Crippen LogP contribution in [-0.4, -0.2) is 138 Å². The third kappa shape index (κ3) is 7.07. The van der Waals surface area contributed by atoms with E-state index in [9.17, 15) is 46.0 Å². The molecule has 13 nitrogen and oxygen atoms in total. The number of aliphatic hydroxyl groups excluding tert-OH is 9.